The third-order valence-corrected chi connectivity index (χ3v) is 7.65. The number of amides is 1. The second-order valence-electron chi connectivity index (χ2n) is 8.46. The quantitative estimate of drug-likeness (QED) is 0.395. The standard InChI is InChI=1S/C25H26N6O4S/c1-35-20-4-7-23-22(15-20)18(16-27-23)14-25(32)31-12-10-30(11-13-31)19-2-5-21(6-3-19)36(33,34)29-24-8-9-26-17-28-24/h2-9,15-17,27H,10-14H2,1H3,(H,26,28,29). The van der Waals surface area contributed by atoms with E-state index in [1.54, 1.807) is 31.4 Å². The van der Waals surface area contributed by atoms with Crippen LogP contribution in [0, 0.1) is 0 Å². The largest absolute Gasteiger partial charge is 0.497 e. The molecule has 5 rings (SSSR count). The number of piperazine rings is 1. The Balaban J connectivity index is 1.19. The molecule has 1 amide bonds. The summed E-state index contributed by atoms with van der Waals surface area (Å²) in [7, 11) is -2.12. The number of nitrogens with one attached hydrogen (secondary N) is 2. The van der Waals surface area contributed by atoms with Gasteiger partial charge in [-0.15, -0.1) is 0 Å². The maximum absolute atomic E-state index is 13.0. The zero-order valence-corrected chi connectivity index (χ0v) is 20.5. The van der Waals surface area contributed by atoms with Gasteiger partial charge in [0.2, 0.25) is 5.91 Å². The van der Waals surface area contributed by atoms with Crippen LogP contribution in [0.1, 0.15) is 5.56 Å². The van der Waals surface area contributed by atoms with Crippen LogP contribution in [0.15, 0.2) is 72.1 Å². The van der Waals surface area contributed by atoms with Crippen molar-refractivity contribution < 1.29 is 17.9 Å². The third-order valence-electron chi connectivity index (χ3n) is 6.28. The lowest BCUT2D eigenvalue weighted by Crippen LogP contribution is -2.49. The van der Waals surface area contributed by atoms with Crippen molar-refractivity contribution in [3.05, 3.63) is 72.8 Å². The average Bonchev–Trinajstić information content (AvgIpc) is 3.31. The molecule has 3 heterocycles. The monoisotopic (exact) mass is 506 g/mol. The molecular weight excluding hydrogens is 480 g/mol. The highest BCUT2D eigenvalue weighted by Gasteiger charge is 2.23. The minimum Gasteiger partial charge on any atom is -0.497 e. The fraction of sp³-hybridized carbons (Fsp3) is 0.240. The van der Waals surface area contributed by atoms with Gasteiger partial charge in [-0.2, -0.15) is 0 Å². The van der Waals surface area contributed by atoms with Crippen molar-refractivity contribution in [2.24, 2.45) is 0 Å². The highest BCUT2D eigenvalue weighted by Crippen LogP contribution is 2.25. The lowest BCUT2D eigenvalue weighted by atomic mass is 10.1. The Morgan fingerprint density at radius 1 is 1.08 bits per heavy atom. The van der Waals surface area contributed by atoms with Crippen LogP contribution in [-0.2, 0) is 21.2 Å². The second kappa shape index (κ2) is 9.86. The SMILES string of the molecule is COc1ccc2[nH]cc(CC(=O)N3CCN(c4ccc(S(=O)(=O)Nc5ccncn5)cc4)CC3)c2c1. The number of fused-ring (bicyclic) bond motifs is 1. The van der Waals surface area contributed by atoms with Crippen LogP contribution in [0.5, 0.6) is 5.75 Å². The molecule has 2 N–H and O–H groups in total. The number of benzene rings is 2. The van der Waals surface area contributed by atoms with Gasteiger partial charge >= 0.3 is 0 Å². The topological polar surface area (TPSA) is 121 Å². The van der Waals surface area contributed by atoms with E-state index in [1.165, 1.54) is 18.6 Å². The first-order valence-corrected chi connectivity index (χ1v) is 13.0. The third kappa shape index (κ3) is 4.96. The number of hydrogen-bond acceptors (Lipinski definition) is 7. The van der Waals surface area contributed by atoms with Crippen molar-refractivity contribution in [2.45, 2.75) is 11.3 Å². The molecule has 0 bridgehead atoms. The van der Waals surface area contributed by atoms with E-state index < -0.39 is 10.0 Å². The number of H-pyrrole nitrogens is 1. The Morgan fingerprint density at radius 2 is 1.86 bits per heavy atom. The van der Waals surface area contributed by atoms with Crippen molar-refractivity contribution in [3.8, 4) is 5.75 Å². The zero-order valence-electron chi connectivity index (χ0n) is 19.7. The first-order chi connectivity index (χ1) is 17.4. The van der Waals surface area contributed by atoms with Gasteiger partial charge in [0.15, 0.2) is 0 Å². The van der Waals surface area contributed by atoms with Gasteiger partial charge in [-0.25, -0.2) is 18.4 Å². The molecule has 11 heteroatoms. The Bertz CT molecular complexity index is 1460. The Morgan fingerprint density at radius 3 is 2.56 bits per heavy atom. The van der Waals surface area contributed by atoms with Crippen LogP contribution in [0.4, 0.5) is 11.5 Å². The predicted octanol–water partition coefficient (Wildman–Crippen LogP) is 2.66. The summed E-state index contributed by atoms with van der Waals surface area (Å²) in [5, 5.41) is 0.991. The fourth-order valence-corrected chi connectivity index (χ4v) is 5.31. The van der Waals surface area contributed by atoms with Gasteiger partial charge in [0.05, 0.1) is 18.4 Å². The molecular formula is C25H26N6O4S. The molecule has 1 fully saturated rings. The van der Waals surface area contributed by atoms with Gasteiger partial charge in [-0.1, -0.05) is 0 Å². The minimum atomic E-state index is -3.75. The van der Waals surface area contributed by atoms with E-state index in [0.29, 0.717) is 32.6 Å². The van der Waals surface area contributed by atoms with Crippen LogP contribution < -0.4 is 14.4 Å². The summed E-state index contributed by atoms with van der Waals surface area (Å²) in [5.74, 6) is 1.05. The summed E-state index contributed by atoms with van der Waals surface area (Å²) >= 11 is 0. The van der Waals surface area contributed by atoms with E-state index in [0.717, 1.165) is 27.9 Å². The molecule has 0 saturated carbocycles. The number of anilines is 2. The number of ether oxygens (including phenoxy) is 1. The van der Waals surface area contributed by atoms with Gasteiger partial charge in [0, 0.05) is 55.2 Å². The number of methoxy groups -OCH3 is 1. The average molecular weight is 507 g/mol. The summed E-state index contributed by atoms with van der Waals surface area (Å²) in [6, 6.07) is 14.0. The number of sulfonamides is 1. The molecule has 0 aliphatic carbocycles. The van der Waals surface area contributed by atoms with Crippen LogP contribution in [-0.4, -0.2) is 67.5 Å². The number of rotatable bonds is 7. The van der Waals surface area contributed by atoms with Crippen molar-refractivity contribution in [3.63, 3.8) is 0 Å². The van der Waals surface area contributed by atoms with Crippen molar-refractivity contribution in [2.75, 3.05) is 42.9 Å². The van der Waals surface area contributed by atoms with Crippen LogP contribution >= 0.6 is 0 Å². The summed E-state index contributed by atoms with van der Waals surface area (Å²) in [5.41, 5.74) is 2.83. The van der Waals surface area contributed by atoms with Gasteiger partial charge in [-0.3, -0.25) is 9.52 Å². The maximum atomic E-state index is 13.0. The summed E-state index contributed by atoms with van der Waals surface area (Å²) in [4.78, 5) is 28.1. The van der Waals surface area contributed by atoms with Crippen molar-refractivity contribution >= 4 is 38.3 Å². The van der Waals surface area contributed by atoms with Crippen molar-refractivity contribution in [1.82, 2.24) is 19.9 Å². The van der Waals surface area contributed by atoms with Gasteiger partial charge in [0.25, 0.3) is 10.0 Å². The number of aromatic amines is 1. The molecule has 36 heavy (non-hydrogen) atoms. The number of hydrogen-bond donors (Lipinski definition) is 2. The van der Waals surface area contributed by atoms with Gasteiger partial charge in [-0.05, 0) is 54.1 Å². The lowest BCUT2D eigenvalue weighted by Gasteiger charge is -2.36. The lowest BCUT2D eigenvalue weighted by molar-refractivity contribution is -0.130. The van der Waals surface area contributed by atoms with Crippen LogP contribution in [0.25, 0.3) is 10.9 Å². The molecule has 186 valence electrons. The number of aromatic nitrogens is 3. The van der Waals surface area contributed by atoms with Crippen LogP contribution in [0.2, 0.25) is 0 Å². The van der Waals surface area contributed by atoms with E-state index in [-0.39, 0.29) is 16.6 Å². The summed E-state index contributed by atoms with van der Waals surface area (Å²) in [6.07, 6.45) is 4.95. The molecule has 2 aromatic heterocycles. The van der Waals surface area contributed by atoms with E-state index in [9.17, 15) is 13.2 Å². The van der Waals surface area contributed by atoms with Crippen molar-refractivity contribution in [1.29, 1.82) is 0 Å². The van der Waals surface area contributed by atoms with Gasteiger partial charge < -0.3 is 19.5 Å². The zero-order chi connectivity index (χ0) is 25.1. The first-order valence-electron chi connectivity index (χ1n) is 11.5. The van der Waals surface area contributed by atoms with Crippen LogP contribution in [0.3, 0.4) is 0 Å². The molecule has 1 aliphatic rings. The maximum Gasteiger partial charge on any atom is 0.263 e. The predicted molar refractivity (Wildman–Crippen MR) is 137 cm³/mol. The molecule has 10 nitrogen and oxygen atoms in total. The minimum absolute atomic E-state index is 0.0793. The number of carbonyl (C=O) groups excluding carboxylic acids is 1. The molecule has 0 unspecified atom stereocenters. The molecule has 1 aliphatic heterocycles. The van der Waals surface area contributed by atoms with E-state index in [4.69, 9.17) is 4.74 Å². The smallest absolute Gasteiger partial charge is 0.263 e. The number of carbonyl (C=O) groups is 1. The van der Waals surface area contributed by atoms with Gasteiger partial charge in [0.1, 0.15) is 17.9 Å². The molecule has 2 aromatic carbocycles. The molecule has 4 aromatic rings. The number of nitrogens with zero attached hydrogens (tertiary/aromatic N) is 4. The Labute approximate surface area is 209 Å². The Kier molecular flexibility index (Phi) is 6.47. The molecule has 0 radical (unpaired) electrons. The van der Waals surface area contributed by atoms with E-state index in [2.05, 4.69) is 24.6 Å². The highest BCUT2D eigenvalue weighted by atomic mass is 32.2. The molecule has 0 spiro atoms. The normalized spacial score (nSPS) is 14.1. The van der Waals surface area contributed by atoms with E-state index in [1.807, 2.05) is 29.3 Å². The Hall–Kier alpha value is -4.12. The first kappa shape index (κ1) is 23.6. The summed E-state index contributed by atoms with van der Waals surface area (Å²) in [6.45, 7) is 2.52. The molecule has 1 saturated heterocycles. The molecule has 0 atom stereocenters. The second-order valence-corrected chi connectivity index (χ2v) is 10.1. The summed E-state index contributed by atoms with van der Waals surface area (Å²) < 4.78 is 33.0. The van der Waals surface area contributed by atoms with E-state index >= 15 is 0 Å². The highest BCUT2D eigenvalue weighted by molar-refractivity contribution is 7.92. The fourth-order valence-electron chi connectivity index (χ4n) is 4.30.